The third kappa shape index (κ3) is 3.99. The van der Waals surface area contributed by atoms with Crippen LogP contribution >= 0.6 is 11.3 Å². The highest BCUT2D eigenvalue weighted by atomic mass is 32.2. The van der Waals surface area contributed by atoms with E-state index >= 15 is 0 Å². The molecule has 0 radical (unpaired) electrons. The fourth-order valence-electron chi connectivity index (χ4n) is 2.07. The van der Waals surface area contributed by atoms with Crippen LogP contribution in [0.3, 0.4) is 0 Å². The molecule has 23 heavy (non-hydrogen) atoms. The monoisotopic (exact) mass is 352 g/mol. The van der Waals surface area contributed by atoms with Crippen molar-refractivity contribution in [3.05, 3.63) is 46.3 Å². The summed E-state index contributed by atoms with van der Waals surface area (Å²) in [7, 11) is -2.22. The average molecular weight is 352 g/mol. The second-order valence-corrected chi connectivity index (χ2v) is 8.98. The van der Waals surface area contributed by atoms with Gasteiger partial charge in [0.1, 0.15) is 4.21 Å². The van der Waals surface area contributed by atoms with E-state index in [-0.39, 0.29) is 16.7 Å². The van der Waals surface area contributed by atoms with Gasteiger partial charge in [0.2, 0.25) is 5.91 Å². The van der Waals surface area contributed by atoms with E-state index in [0.717, 1.165) is 20.3 Å². The van der Waals surface area contributed by atoms with Crippen molar-refractivity contribution in [2.45, 2.75) is 25.0 Å². The highest BCUT2D eigenvalue weighted by molar-refractivity contribution is 7.91. The van der Waals surface area contributed by atoms with Gasteiger partial charge in [0.15, 0.2) is 0 Å². The van der Waals surface area contributed by atoms with Gasteiger partial charge in [-0.3, -0.25) is 4.79 Å². The minimum atomic E-state index is -3.63. The van der Waals surface area contributed by atoms with Gasteiger partial charge in [0.25, 0.3) is 10.0 Å². The molecule has 0 saturated carbocycles. The molecule has 0 unspecified atom stereocenters. The van der Waals surface area contributed by atoms with Crippen LogP contribution in [0, 0.1) is 20.8 Å². The number of nitrogens with one attached hydrogen (secondary N) is 1. The zero-order valence-electron chi connectivity index (χ0n) is 13.6. The SMILES string of the molecule is Cc1ccc(S(=O)(=O)N(C)CC(=O)Nc2cccc(C)c2C)s1. The highest BCUT2D eigenvalue weighted by Crippen LogP contribution is 2.23. The molecule has 0 spiro atoms. The molecular formula is C16H20N2O3S2. The third-order valence-corrected chi connectivity index (χ3v) is 6.90. The molecule has 5 nitrogen and oxygen atoms in total. The number of carbonyl (C=O) groups excluding carboxylic acids is 1. The van der Waals surface area contributed by atoms with Crippen molar-refractivity contribution in [1.29, 1.82) is 0 Å². The molecule has 1 heterocycles. The van der Waals surface area contributed by atoms with Crippen LogP contribution in [-0.2, 0) is 14.8 Å². The summed E-state index contributed by atoms with van der Waals surface area (Å²) in [5, 5.41) is 2.77. The zero-order chi connectivity index (χ0) is 17.2. The van der Waals surface area contributed by atoms with Crippen molar-refractivity contribution in [3.63, 3.8) is 0 Å². The number of aryl methyl sites for hydroxylation is 2. The molecule has 1 amide bonds. The number of thiophene rings is 1. The quantitative estimate of drug-likeness (QED) is 0.900. The molecule has 0 saturated heterocycles. The van der Waals surface area contributed by atoms with Crippen LogP contribution in [0.5, 0.6) is 0 Å². The number of nitrogens with zero attached hydrogens (tertiary/aromatic N) is 1. The Bertz CT molecular complexity index is 826. The smallest absolute Gasteiger partial charge is 0.252 e. The molecule has 1 N–H and O–H groups in total. The maximum Gasteiger partial charge on any atom is 0.252 e. The number of hydrogen-bond donors (Lipinski definition) is 1. The summed E-state index contributed by atoms with van der Waals surface area (Å²) in [6.07, 6.45) is 0. The Balaban J connectivity index is 2.09. The van der Waals surface area contributed by atoms with E-state index in [1.165, 1.54) is 18.4 Å². The lowest BCUT2D eigenvalue weighted by Crippen LogP contribution is -2.34. The topological polar surface area (TPSA) is 66.5 Å². The maximum atomic E-state index is 12.4. The van der Waals surface area contributed by atoms with Gasteiger partial charge in [0, 0.05) is 17.6 Å². The lowest BCUT2D eigenvalue weighted by Gasteiger charge is -2.16. The van der Waals surface area contributed by atoms with Crippen molar-refractivity contribution in [1.82, 2.24) is 4.31 Å². The number of rotatable bonds is 5. The zero-order valence-corrected chi connectivity index (χ0v) is 15.2. The Hall–Kier alpha value is -1.70. The van der Waals surface area contributed by atoms with E-state index in [0.29, 0.717) is 5.69 Å². The van der Waals surface area contributed by atoms with Gasteiger partial charge in [0.05, 0.1) is 6.54 Å². The fourth-order valence-corrected chi connectivity index (χ4v) is 4.69. The van der Waals surface area contributed by atoms with Crippen LogP contribution in [0.2, 0.25) is 0 Å². The van der Waals surface area contributed by atoms with Gasteiger partial charge < -0.3 is 5.32 Å². The van der Waals surface area contributed by atoms with Crippen LogP contribution in [0.4, 0.5) is 5.69 Å². The molecule has 2 rings (SSSR count). The summed E-state index contributed by atoms with van der Waals surface area (Å²) in [4.78, 5) is 13.1. The molecule has 0 bridgehead atoms. The summed E-state index contributed by atoms with van der Waals surface area (Å²) in [5.41, 5.74) is 2.74. The first kappa shape index (κ1) is 17.7. The van der Waals surface area contributed by atoms with Crippen LogP contribution in [-0.4, -0.2) is 32.2 Å². The minimum Gasteiger partial charge on any atom is -0.325 e. The van der Waals surface area contributed by atoms with Crippen molar-refractivity contribution < 1.29 is 13.2 Å². The molecule has 7 heteroatoms. The van der Waals surface area contributed by atoms with Gasteiger partial charge in [-0.15, -0.1) is 11.3 Å². The predicted molar refractivity (Wildman–Crippen MR) is 93.4 cm³/mol. The van der Waals surface area contributed by atoms with Gasteiger partial charge in [-0.1, -0.05) is 12.1 Å². The standard InChI is InChI=1S/C16H20N2O3S2/c1-11-6-5-7-14(13(11)3)17-15(19)10-18(4)23(20,21)16-9-8-12(2)22-16/h5-9H,10H2,1-4H3,(H,17,19). The molecular weight excluding hydrogens is 332 g/mol. The summed E-state index contributed by atoms with van der Waals surface area (Å²) in [6, 6.07) is 8.93. The van der Waals surface area contributed by atoms with Gasteiger partial charge in [-0.25, -0.2) is 8.42 Å². The molecule has 2 aromatic rings. The predicted octanol–water partition coefficient (Wildman–Crippen LogP) is 2.93. The lowest BCUT2D eigenvalue weighted by molar-refractivity contribution is -0.116. The fraction of sp³-hybridized carbons (Fsp3) is 0.312. The number of anilines is 1. The van der Waals surface area contributed by atoms with E-state index in [4.69, 9.17) is 0 Å². The summed E-state index contributed by atoms with van der Waals surface area (Å²) < 4.78 is 26.1. The first-order valence-corrected chi connectivity index (χ1v) is 9.36. The molecule has 124 valence electrons. The van der Waals surface area contributed by atoms with Crippen molar-refractivity contribution in [3.8, 4) is 0 Å². The minimum absolute atomic E-state index is 0.230. The maximum absolute atomic E-state index is 12.4. The van der Waals surface area contributed by atoms with Gasteiger partial charge in [-0.2, -0.15) is 4.31 Å². The van der Waals surface area contributed by atoms with Crippen molar-refractivity contribution in [2.24, 2.45) is 0 Å². The van der Waals surface area contributed by atoms with E-state index < -0.39 is 10.0 Å². The van der Waals surface area contributed by atoms with Crippen LogP contribution in [0.25, 0.3) is 0 Å². The van der Waals surface area contributed by atoms with Crippen LogP contribution in [0.15, 0.2) is 34.5 Å². The first-order valence-electron chi connectivity index (χ1n) is 7.10. The number of carbonyl (C=O) groups is 1. The molecule has 0 atom stereocenters. The Morgan fingerprint density at radius 1 is 1.17 bits per heavy atom. The molecule has 0 aliphatic heterocycles. The molecule has 1 aromatic heterocycles. The molecule has 0 fully saturated rings. The number of sulfonamides is 1. The molecule has 0 aliphatic rings. The largest absolute Gasteiger partial charge is 0.325 e. The van der Waals surface area contributed by atoms with E-state index in [2.05, 4.69) is 5.32 Å². The lowest BCUT2D eigenvalue weighted by atomic mass is 10.1. The van der Waals surface area contributed by atoms with Crippen molar-refractivity contribution in [2.75, 3.05) is 18.9 Å². The number of benzene rings is 1. The van der Waals surface area contributed by atoms with Gasteiger partial charge >= 0.3 is 0 Å². The Kier molecular flexibility index (Phi) is 5.23. The number of amides is 1. The average Bonchev–Trinajstić information content (AvgIpc) is 2.91. The summed E-state index contributed by atoms with van der Waals surface area (Å²) in [5.74, 6) is -0.363. The van der Waals surface area contributed by atoms with E-state index in [1.54, 1.807) is 18.2 Å². The van der Waals surface area contributed by atoms with E-state index in [9.17, 15) is 13.2 Å². The van der Waals surface area contributed by atoms with Crippen LogP contribution < -0.4 is 5.32 Å². The first-order chi connectivity index (χ1) is 10.7. The number of hydrogen-bond acceptors (Lipinski definition) is 4. The summed E-state index contributed by atoms with van der Waals surface area (Å²) >= 11 is 1.20. The van der Waals surface area contributed by atoms with Crippen LogP contribution in [0.1, 0.15) is 16.0 Å². The Morgan fingerprint density at radius 2 is 1.87 bits per heavy atom. The number of likely N-dealkylation sites (N-methyl/N-ethyl adjacent to an activating group) is 1. The highest BCUT2D eigenvalue weighted by Gasteiger charge is 2.24. The van der Waals surface area contributed by atoms with E-state index in [1.807, 2.05) is 32.9 Å². The molecule has 1 aromatic carbocycles. The second kappa shape index (κ2) is 6.82. The third-order valence-electron chi connectivity index (χ3n) is 3.63. The Morgan fingerprint density at radius 3 is 2.48 bits per heavy atom. The normalized spacial score (nSPS) is 11.7. The molecule has 0 aliphatic carbocycles. The van der Waals surface area contributed by atoms with Crippen molar-refractivity contribution >= 4 is 33.0 Å². The Labute approximate surface area is 141 Å². The summed E-state index contributed by atoms with van der Waals surface area (Å²) in [6.45, 7) is 5.49. The van der Waals surface area contributed by atoms with Gasteiger partial charge in [-0.05, 0) is 50.1 Å². The second-order valence-electron chi connectivity index (χ2n) is 5.42.